The average Bonchev–Trinajstić information content (AvgIpc) is 2.47. The van der Waals surface area contributed by atoms with Crippen molar-refractivity contribution in [3.8, 4) is 0 Å². The van der Waals surface area contributed by atoms with Crippen LogP contribution in [-0.4, -0.2) is 42.4 Å². The van der Waals surface area contributed by atoms with Crippen molar-refractivity contribution in [2.75, 3.05) is 26.7 Å². The van der Waals surface area contributed by atoms with Crippen molar-refractivity contribution < 1.29 is 9.72 Å². The lowest BCUT2D eigenvalue weighted by Crippen LogP contribution is -2.39. The van der Waals surface area contributed by atoms with E-state index in [-0.39, 0.29) is 11.6 Å². The van der Waals surface area contributed by atoms with Gasteiger partial charge in [0.1, 0.15) is 0 Å². The molecule has 0 saturated carbocycles. The summed E-state index contributed by atoms with van der Waals surface area (Å²) in [6.45, 7) is 4.44. The minimum absolute atomic E-state index is 0.0447. The number of carbonyl (C=O) groups is 1. The number of nitrogens with one attached hydrogen (secondary N) is 1. The molecule has 1 unspecified atom stereocenters. The number of nitro groups is 1. The Bertz CT molecular complexity index is 539. The molecule has 1 heterocycles. The van der Waals surface area contributed by atoms with Crippen molar-refractivity contribution in [2.45, 2.75) is 19.8 Å². The van der Waals surface area contributed by atoms with E-state index in [4.69, 9.17) is 0 Å². The molecule has 1 aliphatic rings. The lowest BCUT2D eigenvalue weighted by atomic mass is 9.98. The van der Waals surface area contributed by atoms with E-state index < -0.39 is 4.92 Å². The maximum Gasteiger partial charge on any atom is 0.270 e. The van der Waals surface area contributed by atoms with Crippen molar-refractivity contribution in [3.05, 3.63) is 39.4 Å². The number of carbonyl (C=O) groups excluding carboxylic acids is 1. The van der Waals surface area contributed by atoms with Crippen molar-refractivity contribution in [1.82, 2.24) is 10.2 Å². The first kappa shape index (κ1) is 15.4. The molecule has 1 aromatic carbocycles. The van der Waals surface area contributed by atoms with Gasteiger partial charge in [-0.2, -0.15) is 0 Å². The first-order chi connectivity index (χ1) is 9.99. The molecule has 2 rings (SSSR count). The summed E-state index contributed by atoms with van der Waals surface area (Å²) < 4.78 is 0. The predicted octanol–water partition coefficient (Wildman–Crippen LogP) is 1.97. The normalized spacial score (nSPS) is 18.3. The molecule has 6 heteroatoms. The van der Waals surface area contributed by atoms with E-state index in [1.807, 2.05) is 0 Å². The number of aryl methyl sites for hydroxylation is 1. The van der Waals surface area contributed by atoms with E-state index in [1.165, 1.54) is 12.1 Å². The van der Waals surface area contributed by atoms with Crippen molar-refractivity contribution in [2.24, 2.45) is 5.92 Å². The van der Waals surface area contributed by atoms with Gasteiger partial charge in [0.15, 0.2) is 0 Å². The number of benzene rings is 1. The fourth-order valence-electron chi connectivity index (χ4n) is 2.71. The van der Waals surface area contributed by atoms with Gasteiger partial charge in [0.05, 0.1) is 4.92 Å². The van der Waals surface area contributed by atoms with Gasteiger partial charge in [-0.3, -0.25) is 14.9 Å². The quantitative estimate of drug-likeness (QED) is 0.680. The van der Waals surface area contributed by atoms with Crippen LogP contribution in [0, 0.1) is 23.0 Å². The molecule has 0 aliphatic carbocycles. The maximum absolute atomic E-state index is 12.5. The van der Waals surface area contributed by atoms with Gasteiger partial charge in [-0.05, 0) is 44.3 Å². The molecular weight excluding hydrogens is 270 g/mol. The molecule has 0 aromatic heterocycles. The first-order valence-corrected chi connectivity index (χ1v) is 7.20. The average molecular weight is 291 g/mol. The van der Waals surface area contributed by atoms with Crippen LogP contribution in [0.3, 0.4) is 0 Å². The highest BCUT2D eigenvalue weighted by molar-refractivity contribution is 5.96. The van der Waals surface area contributed by atoms with Crippen LogP contribution in [-0.2, 0) is 0 Å². The molecule has 0 spiro atoms. The van der Waals surface area contributed by atoms with E-state index in [0.717, 1.165) is 31.5 Å². The van der Waals surface area contributed by atoms with Crippen LogP contribution in [0.2, 0.25) is 0 Å². The summed E-state index contributed by atoms with van der Waals surface area (Å²) in [6.07, 6.45) is 2.24. The smallest absolute Gasteiger partial charge is 0.270 e. The van der Waals surface area contributed by atoms with E-state index >= 15 is 0 Å². The monoisotopic (exact) mass is 291 g/mol. The van der Waals surface area contributed by atoms with Crippen LogP contribution in [0.15, 0.2) is 18.2 Å². The largest absolute Gasteiger partial charge is 0.341 e. The molecule has 0 radical (unpaired) electrons. The summed E-state index contributed by atoms with van der Waals surface area (Å²) in [5.41, 5.74) is 1.13. The molecule has 1 fully saturated rings. The van der Waals surface area contributed by atoms with Gasteiger partial charge in [-0.25, -0.2) is 0 Å². The standard InChI is InChI=1S/C15H21N3O3/c1-11-5-6-13(18(20)21)8-14(11)15(19)17(2)10-12-4-3-7-16-9-12/h5-6,8,12,16H,3-4,7,9-10H2,1-2H3. The third-order valence-electron chi connectivity index (χ3n) is 3.94. The fraction of sp³-hybridized carbons (Fsp3) is 0.533. The second-order valence-corrected chi connectivity index (χ2v) is 5.65. The number of rotatable bonds is 4. The molecule has 114 valence electrons. The Labute approximate surface area is 124 Å². The SMILES string of the molecule is Cc1ccc([N+](=O)[O-])cc1C(=O)N(C)CC1CCCNC1. The molecule has 1 amide bonds. The second-order valence-electron chi connectivity index (χ2n) is 5.65. The number of hydrogen-bond donors (Lipinski definition) is 1. The van der Waals surface area contributed by atoms with E-state index in [2.05, 4.69) is 5.32 Å². The first-order valence-electron chi connectivity index (χ1n) is 7.20. The molecule has 1 atom stereocenters. The highest BCUT2D eigenvalue weighted by Gasteiger charge is 2.21. The third kappa shape index (κ3) is 3.78. The zero-order chi connectivity index (χ0) is 15.4. The summed E-state index contributed by atoms with van der Waals surface area (Å²) in [5.74, 6) is 0.300. The Morgan fingerprint density at radius 2 is 2.29 bits per heavy atom. The Kier molecular flexibility index (Phi) is 4.90. The van der Waals surface area contributed by atoms with Gasteiger partial charge in [0, 0.05) is 31.3 Å². The molecule has 1 N–H and O–H groups in total. The van der Waals surface area contributed by atoms with Gasteiger partial charge < -0.3 is 10.2 Å². The summed E-state index contributed by atoms with van der Waals surface area (Å²) in [4.78, 5) is 24.5. The van der Waals surface area contributed by atoms with Crippen LogP contribution < -0.4 is 5.32 Å². The highest BCUT2D eigenvalue weighted by atomic mass is 16.6. The van der Waals surface area contributed by atoms with Crippen LogP contribution in [0.5, 0.6) is 0 Å². The molecular formula is C15H21N3O3. The molecule has 1 aliphatic heterocycles. The topological polar surface area (TPSA) is 75.5 Å². The Hall–Kier alpha value is -1.95. The number of piperidine rings is 1. The molecule has 6 nitrogen and oxygen atoms in total. The summed E-state index contributed by atoms with van der Waals surface area (Å²) in [5, 5.41) is 14.2. The molecule has 21 heavy (non-hydrogen) atoms. The highest BCUT2D eigenvalue weighted by Crippen LogP contribution is 2.20. The number of amides is 1. The number of nitrogens with zero attached hydrogens (tertiary/aromatic N) is 2. The summed E-state index contributed by atoms with van der Waals surface area (Å²) in [7, 11) is 1.76. The van der Waals surface area contributed by atoms with Gasteiger partial charge in [0.25, 0.3) is 11.6 Å². The fourth-order valence-corrected chi connectivity index (χ4v) is 2.71. The van der Waals surface area contributed by atoms with Gasteiger partial charge in [-0.15, -0.1) is 0 Å². The number of hydrogen-bond acceptors (Lipinski definition) is 4. The lowest BCUT2D eigenvalue weighted by Gasteiger charge is -2.28. The molecule has 1 saturated heterocycles. The van der Waals surface area contributed by atoms with Crippen molar-refractivity contribution in [1.29, 1.82) is 0 Å². The van der Waals surface area contributed by atoms with Crippen LogP contribution in [0.1, 0.15) is 28.8 Å². The van der Waals surface area contributed by atoms with Crippen LogP contribution >= 0.6 is 0 Å². The Morgan fingerprint density at radius 1 is 1.52 bits per heavy atom. The summed E-state index contributed by atoms with van der Waals surface area (Å²) >= 11 is 0. The van der Waals surface area contributed by atoms with E-state index in [0.29, 0.717) is 18.0 Å². The maximum atomic E-state index is 12.5. The van der Waals surface area contributed by atoms with Crippen LogP contribution in [0.4, 0.5) is 5.69 Å². The summed E-state index contributed by atoms with van der Waals surface area (Å²) in [6, 6.07) is 4.42. The van der Waals surface area contributed by atoms with Crippen molar-refractivity contribution >= 4 is 11.6 Å². The third-order valence-corrected chi connectivity index (χ3v) is 3.94. The Morgan fingerprint density at radius 3 is 2.90 bits per heavy atom. The molecule has 1 aromatic rings. The zero-order valence-electron chi connectivity index (χ0n) is 12.5. The van der Waals surface area contributed by atoms with Crippen LogP contribution in [0.25, 0.3) is 0 Å². The molecule has 0 bridgehead atoms. The predicted molar refractivity (Wildman–Crippen MR) is 80.4 cm³/mol. The van der Waals surface area contributed by atoms with Gasteiger partial charge in [-0.1, -0.05) is 6.07 Å². The number of non-ortho nitro benzene ring substituents is 1. The van der Waals surface area contributed by atoms with E-state index in [1.54, 1.807) is 24.9 Å². The van der Waals surface area contributed by atoms with E-state index in [9.17, 15) is 14.9 Å². The van der Waals surface area contributed by atoms with Gasteiger partial charge in [0.2, 0.25) is 0 Å². The number of nitro benzene ring substituents is 1. The minimum Gasteiger partial charge on any atom is -0.341 e. The second kappa shape index (κ2) is 6.67. The zero-order valence-corrected chi connectivity index (χ0v) is 12.5. The van der Waals surface area contributed by atoms with Crippen molar-refractivity contribution in [3.63, 3.8) is 0 Å². The lowest BCUT2D eigenvalue weighted by molar-refractivity contribution is -0.384. The minimum atomic E-state index is -0.471. The van der Waals surface area contributed by atoms with Gasteiger partial charge >= 0.3 is 0 Å². The Balaban J connectivity index is 2.10.